The van der Waals surface area contributed by atoms with Gasteiger partial charge in [0.05, 0.1) is 11.5 Å². The van der Waals surface area contributed by atoms with Crippen molar-refractivity contribution < 1.29 is 24.0 Å². The number of ether oxygens (including phenoxy) is 1. The van der Waals surface area contributed by atoms with Gasteiger partial charge in [-0.3, -0.25) is 19.7 Å². The van der Waals surface area contributed by atoms with E-state index in [1.54, 1.807) is 0 Å². The molecule has 0 spiro atoms. The van der Waals surface area contributed by atoms with Crippen molar-refractivity contribution in [3.05, 3.63) is 70.3 Å². The first kappa shape index (κ1) is 31.5. The summed E-state index contributed by atoms with van der Waals surface area (Å²) < 4.78 is 5.36. The van der Waals surface area contributed by atoms with E-state index in [0.717, 1.165) is 24.8 Å². The Morgan fingerprint density at radius 2 is 1.41 bits per heavy atom. The van der Waals surface area contributed by atoms with E-state index in [1.165, 1.54) is 69.2 Å². The Labute approximate surface area is 230 Å². The normalized spacial score (nSPS) is 11.4. The summed E-state index contributed by atoms with van der Waals surface area (Å²) in [6, 6.07) is 13.3. The molecule has 9 heteroatoms. The second kappa shape index (κ2) is 18.5. The minimum absolute atomic E-state index is 0.127. The van der Waals surface area contributed by atoms with Gasteiger partial charge in [-0.1, -0.05) is 95.0 Å². The number of nitro groups is 1. The summed E-state index contributed by atoms with van der Waals surface area (Å²) in [5.74, 6) is -1.29. The maximum absolute atomic E-state index is 12.9. The summed E-state index contributed by atoms with van der Waals surface area (Å²) >= 11 is 0. The van der Waals surface area contributed by atoms with Crippen LogP contribution < -0.4 is 15.4 Å². The Balaban J connectivity index is 1.76. The van der Waals surface area contributed by atoms with Crippen molar-refractivity contribution in [2.75, 3.05) is 6.54 Å². The predicted molar refractivity (Wildman–Crippen MR) is 150 cm³/mol. The number of carbonyl (C=O) groups is 3. The number of nitrogens with one attached hydrogen (secondary N) is 2. The van der Waals surface area contributed by atoms with Crippen molar-refractivity contribution in [1.82, 2.24) is 10.6 Å². The molecule has 0 fully saturated rings. The van der Waals surface area contributed by atoms with Crippen LogP contribution in [0.4, 0.5) is 5.69 Å². The van der Waals surface area contributed by atoms with E-state index in [1.807, 2.05) is 30.3 Å². The molecule has 1 atom stereocenters. The fourth-order valence-electron chi connectivity index (χ4n) is 4.15. The quantitative estimate of drug-likeness (QED) is 0.0780. The summed E-state index contributed by atoms with van der Waals surface area (Å²) in [6.07, 6.45) is 12.3. The Bertz CT molecular complexity index is 1030. The Morgan fingerprint density at radius 3 is 2.00 bits per heavy atom. The van der Waals surface area contributed by atoms with Gasteiger partial charge in [-0.25, -0.2) is 4.79 Å². The molecule has 0 heterocycles. The molecule has 2 N–H and O–H groups in total. The number of esters is 1. The van der Waals surface area contributed by atoms with E-state index in [4.69, 9.17) is 4.74 Å². The van der Waals surface area contributed by atoms with E-state index >= 15 is 0 Å². The lowest BCUT2D eigenvalue weighted by molar-refractivity contribution is -0.384. The van der Waals surface area contributed by atoms with Crippen molar-refractivity contribution in [2.24, 2.45) is 0 Å². The van der Waals surface area contributed by atoms with E-state index in [-0.39, 0.29) is 30.3 Å². The number of nitrogens with zero attached hydrogens (tertiary/aromatic N) is 1. The van der Waals surface area contributed by atoms with Gasteiger partial charge in [0.15, 0.2) is 0 Å². The number of benzene rings is 2. The van der Waals surface area contributed by atoms with E-state index < -0.39 is 22.8 Å². The van der Waals surface area contributed by atoms with Crippen LogP contribution in [0.15, 0.2) is 54.6 Å². The molecular formula is C30H41N3O6. The number of amides is 2. The van der Waals surface area contributed by atoms with Crippen molar-refractivity contribution in [1.29, 1.82) is 0 Å². The summed E-state index contributed by atoms with van der Waals surface area (Å²) in [6.45, 7) is 1.97. The summed E-state index contributed by atoms with van der Waals surface area (Å²) in [5, 5.41) is 16.1. The Morgan fingerprint density at radius 1 is 0.821 bits per heavy atom. The van der Waals surface area contributed by atoms with Gasteiger partial charge in [0.1, 0.15) is 11.8 Å². The number of nitro benzene ring substituents is 1. The van der Waals surface area contributed by atoms with Gasteiger partial charge in [-0.05, 0) is 24.1 Å². The number of rotatable bonds is 19. The molecular weight excluding hydrogens is 498 g/mol. The van der Waals surface area contributed by atoms with Crippen molar-refractivity contribution in [2.45, 2.75) is 90.0 Å². The van der Waals surface area contributed by atoms with Gasteiger partial charge >= 0.3 is 5.97 Å². The molecule has 0 radical (unpaired) electrons. The molecule has 212 valence electrons. The lowest BCUT2D eigenvalue weighted by Crippen LogP contribution is -2.48. The zero-order valence-corrected chi connectivity index (χ0v) is 22.9. The average Bonchev–Trinajstić information content (AvgIpc) is 2.93. The SMILES string of the molecule is CCCCCCCCCCCCC(=O)NCC(=O)NC(Cc1ccccc1)C(=O)Oc1ccc([N+](=O)[O-])cc1. The van der Waals surface area contributed by atoms with Crippen LogP contribution >= 0.6 is 0 Å². The first-order chi connectivity index (χ1) is 18.9. The van der Waals surface area contributed by atoms with Gasteiger partial charge in [-0.2, -0.15) is 0 Å². The first-order valence-electron chi connectivity index (χ1n) is 13.9. The molecule has 1 unspecified atom stereocenters. The van der Waals surface area contributed by atoms with Crippen LogP contribution in [0.1, 0.15) is 83.1 Å². The van der Waals surface area contributed by atoms with Crippen molar-refractivity contribution in [3.63, 3.8) is 0 Å². The van der Waals surface area contributed by atoms with Crippen molar-refractivity contribution >= 4 is 23.5 Å². The largest absolute Gasteiger partial charge is 0.425 e. The first-order valence-corrected chi connectivity index (χ1v) is 13.9. The summed E-state index contributed by atoms with van der Waals surface area (Å²) in [5.41, 5.74) is 0.686. The molecule has 2 aromatic rings. The van der Waals surface area contributed by atoms with Crippen LogP contribution in [0.2, 0.25) is 0 Å². The lowest BCUT2D eigenvalue weighted by Gasteiger charge is -2.18. The summed E-state index contributed by atoms with van der Waals surface area (Å²) in [7, 11) is 0. The van der Waals surface area contributed by atoms with Crippen LogP contribution in [-0.2, 0) is 20.8 Å². The van der Waals surface area contributed by atoms with Crippen LogP contribution in [0.5, 0.6) is 5.75 Å². The van der Waals surface area contributed by atoms with Gasteiger partial charge in [0.2, 0.25) is 11.8 Å². The Kier molecular flexibility index (Phi) is 14.9. The molecule has 0 aliphatic carbocycles. The minimum Gasteiger partial charge on any atom is -0.425 e. The molecule has 0 bridgehead atoms. The molecule has 2 aromatic carbocycles. The second-order valence-electron chi connectivity index (χ2n) is 9.69. The zero-order valence-electron chi connectivity index (χ0n) is 22.9. The molecule has 9 nitrogen and oxygen atoms in total. The topological polar surface area (TPSA) is 128 Å². The molecule has 0 aromatic heterocycles. The predicted octanol–water partition coefficient (Wildman–Crippen LogP) is 5.65. The van der Waals surface area contributed by atoms with Crippen LogP contribution in [-0.4, -0.2) is 35.3 Å². The highest BCUT2D eigenvalue weighted by atomic mass is 16.6. The Hall–Kier alpha value is -3.75. The minimum atomic E-state index is -1.01. The third-order valence-corrected chi connectivity index (χ3v) is 6.37. The van der Waals surface area contributed by atoms with Gasteiger partial charge in [0, 0.05) is 25.0 Å². The monoisotopic (exact) mass is 539 g/mol. The fourth-order valence-corrected chi connectivity index (χ4v) is 4.15. The van der Waals surface area contributed by atoms with Crippen LogP contribution in [0, 0.1) is 10.1 Å². The summed E-state index contributed by atoms with van der Waals surface area (Å²) in [4.78, 5) is 47.9. The third kappa shape index (κ3) is 13.6. The molecule has 2 rings (SSSR count). The van der Waals surface area contributed by atoms with Gasteiger partial charge in [0.25, 0.3) is 5.69 Å². The zero-order chi connectivity index (χ0) is 28.3. The second-order valence-corrected chi connectivity index (χ2v) is 9.69. The molecule has 39 heavy (non-hydrogen) atoms. The van der Waals surface area contributed by atoms with Crippen LogP contribution in [0.25, 0.3) is 0 Å². The van der Waals surface area contributed by atoms with E-state index in [2.05, 4.69) is 17.6 Å². The van der Waals surface area contributed by atoms with E-state index in [0.29, 0.717) is 6.42 Å². The highest BCUT2D eigenvalue weighted by molar-refractivity contribution is 5.89. The van der Waals surface area contributed by atoms with E-state index in [9.17, 15) is 24.5 Å². The molecule has 2 amide bonds. The van der Waals surface area contributed by atoms with Gasteiger partial charge < -0.3 is 15.4 Å². The highest BCUT2D eigenvalue weighted by Crippen LogP contribution is 2.18. The smallest absolute Gasteiger partial charge is 0.334 e. The molecule has 0 saturated carbocycles. The van der Waals surface area contributed by atoms with Gasteiger partial charge in [-0.15, -0.1) is 0 Å². The number of hydrogen-bond acceptors (Lipinski definition) is 6. The standard InChI is InChI=1S/C30H41N3O6/c1-2-3-4-5-6-7-8-9-10-14-17-28(34)31-23-29(35)32-27(22-24-15-12-11-13-16-24)30(36)39-26-20-18-25(19-21-26)33(37)38/h11-13,15-16,18-21,27H,2-10,14,17,22-23H2,1H3,(H,31,34)(H,32,35). The number of carbonyl (C=O) groups excluding carboxylic acids is 3. The number of non-ortho nitro benzene ring substituents is 1. The maximum Gasteiger partial charge on any atom is 0.334 e. The lowest BCUT2D eigenvalue weighted by atomic mass is 10.1. The molecule has 0 saturated heterocycles. The fraction of sp³-hybridized carbons (Fsp3) is 0.500. The highest BCUT2D eigenvalue weighted by Gasteiger charge is 2.24. The maximum atomic E-state index is 12.9. The van der Waals surface area contributed by atoms with Crippen molar-refractivity contribution in [3.8, 4) is 5.75 Å². The van der Waals surface area contributed by atoms with Crippen LogP contribution in [0.3, 0.4) is 0 Å². The number of unbranched alkanes of at least 4 members (excludes halogenated alkanes) is 9. The number of hydrogen-bond donors (Lipinski definition) is 2. The third-order valence-electron chi connectivity index (χ3n) is 6.37. The average molecular weight is 540 g/mol. The molecule has 0 aliphatic rings. The molecule has 0 aliphatic heterocycles.